The standard InChI is InChI=1S/C11H21BO3/c1-9(2)10(3,4)15-12(14-9)11(5-6-11)7-8-13/h13H,5-8H2,1-4H3. The van der Waals surface area contributed by atoms with Gasteiger partial charge in [0, 0.05) is 11.9 Å². The van der Waals surface area contributed by atoms with E-state index in [2.05, 4.69) is 27.7 Å². The quantitative estimate of drug-likeness (QED) is 0.727. The Bertz CT molecular complexity index is 243. The molecule has 3 nitrogen and oxygen atoms in total. The lowest BCUT2D eigenvalue weighted by atomic mass is 9.66. The van der Waals surface area contributed by atoms with E-state index in [4.69, 9.17) is 14.4 Å². The van der Waals surface area contributed by atoms with E-state index < -0.39 is 0 Å². The van der Waals surface area contributed by atoms with Gasteiger partial charge in [-0.2, -0.15) is 0 Å². The molecule has 0 aromatic carbocycles. The molecule has 0 aromatic heterocycles. The molecule has 0 bridgehead atoms. The molecule has 15 heavy (non-hydrogen) atoms. The Kier molecular flexibility index (Phi) is 2.45. The summed E-state index contributed by atoms with van der Waals surface area (Å²) >= 11 is 0. The van der Waals surface area contributed by atoms with Gasteiger partial charge in [-0.05, 0) is 47.0 Å². The predicted molar refractivity (Wildman–Crippen MR) is 59.7 cm³/mol. The van der Waals surface area contributed by atoms with E-state index in [0.29, 0.717) is 0 Å². The van der Waals surface area contributed by atoms with Crippen molar-refractivity contribution in [3.63, 3.8) is 0 Å². The largest absolute Gasteiger partial charge is 0.464 e. The van der Waals surface area contributed by atoms with E-state index in [0.717, 1.165) is 19.3 Å². The first-order valence-electron chi connectivity index (χ1n) is 5.80. The van der Waals surface area contributed by atoms with Crippen LogP contribution in [0.25, 0.3) is 0 Å². The maximum absolute atomic E-state index is 9.05. The van der Waals surface area contributed by atoms with Crippen molar-refractivity contribution < 1.29 is 14.4 Å². The number of hydrogen-bond acceptors (Lipinski definition) is 3. The smallest absolute Gasteiger partial charge is 0.403 e. The molecule has 1 N–H and O–H groups in total. The second-order valence-electron chi connectivity index (χ2n) is 5.92. The summed E-state index contributed by atoms with van der Waals surface area (Å²) in [6.45, 7) is 8.51. The third-order valence-electron chi connectivity index (χ3n) is 4.26. The molecule has 1 heterocycles. The highest BCUT2D eigenvalue weighted by Gasteiger charge is 2.63. The number of hydrogen-bond donors (Lipinski definition) is 1. The summed E-state index contributed by atoms with van der Waals surface area (Å²) in [4.78, 5) is 0. The summed E-state index contributed by atoms with van der Waals surface area (Å²) in [5.41, 5.74) is -0.495. The lowest BCUT2D eigenvalue weighted by Gasteiger charge is -2.32. The van der Waals surface area contributed by atoms with E-state index in [1.165, 1.54) is 0 Å². The van der Waals surface area contributed by atoms with Crippen molar-refractivity contribution in [1.82, 2.24) is 0 Å². The number of rotatable bonds is 3. The zero-order valence-electron chi connectivity index (χ0n) is 10.2. The van der Waals surface area contributed by atoms with Crippen LogP contribution in [0.4, 0.5) is 0 Å². The van der Waals surface area contributed by atoms with E-state index in [-0.39, 0.29) is 30.2 Å². The van der Waals surface area contributed by atoms with Gasteiger partial charge in [-0.3, -0.25) is 0 Å². The molecule has 0 spiro atoms. The van der Waals surface area contributed by atoms with Crippen LogP contribution in [0.15, 0.2) is 0 Å². The van der Waals surface area contributed by atoms with Crippen LogP contribution < -0.4 is 0 Å². The van der Waals surface area contributed by atoms with Crippen molar-refractivity contribution in [2.24, 2.45) is 0 Å². The molecule has 1 saturated carbocycles. The molecule has 4 heteroatoms. The van der Waals surface area contributed by atoms with Gasteiger partial charge in [0.25, 0.3) is 0 Å². The van der Waals surface area contributed by atoms with Crippen LogP contribution >= 0.6 is 0 Å². The van der Waals surface area contributed by atoms with Gasteiger partial charge in [0.15, 0.2) is 0 Å². The molecule has 1 saturated heterocycles. The third kappa shape index (κ3) is 1.73. The lowest BCUT2D eigenvalue weighted by molar-refractivity contribution is 0.00578. The molecule has 2 aliphatic rings. The van der Waals surface area contributed by atoms with Crippen molar-refractivity contribution in [3.05, 3.63) is 0 Å². The summed E-state index contributed by atoms with van der Waals surface area (Å²) < 4.78 is 12.0. The van der Waals surface area contributed by atoms with Crippen molar-refractivity contribution in [1.29, 1.82) is 0 Å². The first-order valence-corrected chi connectivity index (χ1v) is 5.80. The third-order valence-corrected chi connectivity index (χ3v) is 4.26. The van der Waals surface area contributed by atoms with Crippen molar-refractivity contribution in [2.75, 3.05) is 6.61 Å². The summed E-state index contributed by atoms with van der Waals surface area (Å²) in [6, 6.07) is 0. The van der Waals surface area contributed by atoms with Gasteiger partial charge < -0.3 is 14.4 Å². The molecular formula is C11H21BO3. The highest BCUT2D eigenvalue weighted by molar-refractivity contribution is 6.51. The van der Waals surface area contributed by atoms with Crippen LogP contribution in [-0.4, -0.2) is 30.0 Å². The second-order valence-corrected chi connectivity index (χ2v) is 5.92. The summed E-state index contributed by atoms with van der Waals surface area (Å²) in [5, 5.41) is 9.15. The SMILES string of the molecule is CC1(C)OB(C2(CCO)CC2)OC1(C)C. The Morgan fingerprint density at radius 1 is 1.07 bits per heavy atom. The van der Waals surface area contributed by atoms with Gasteiger partial charge in [-0.15, -0.1) is 0 Å². The monoisotopic (exact) mass is 212 g/mol. The Balaban J connectivity index is 2.09. The van der Waals surface area contributed by atoms with Crippen molar-refractivity contribution >= 4 is 7.12 Å². The molecule has 0 amide bonds. The van der Waals surface area contributed by atoms with Crippen LogP contribution in [0.3, 0.4) is 0 Å². The minimum atomic E-state index is -0.247. The zero-order chi connectivity index (χ0) is 11.3. The van der Waals surface area contributed by atoms with Gasteiger partial charge in [-0.25, -0.2) is 0 Å². The summed E-state index contributed by atoms with van der Waals surface area (Å²) in [7, 11) is -0.130. The number of aliphatic hydroxyl groups excluding tert-OH is 1. The van der Waals surface area contributed by atoms with Gasteiger partial charge in [0.1, 0.15) is 0 Å². The topological polar surface area (TPSA) is 38.7 Å². The van der Waals surface area contributed by atoms with E-state index in [1.54, 1.807) is 0 Å². The molecule has 0 atom stereocenters. The van der Waals surface area contributed by atoms with E-state index in [1.807, 2.05) is 0 Å². The minimum Gasteiger partial charge on any atom is -0.403 e. The Labute approximate surface area is 92.3 Å². The highest BCUT2D eigenvalue weighted by atomic mass is 16.7. The normalized spacial score (nSPS) is 30.6. The first kappa shape index (κ1) is 11.4. The van der Waals surface area contributed by atoms with Crippen LogP contribution in [0.1, 0.15) is 47.0 Å². The summed E-state index contributed by atoms with van der Waals surface area (Å²) in [5.74, 6) is 0. The minimum absolute atomic E-state index is 0.0970. The van der Waals surface area contributed by atoms with Gasteiger partial charge in [0.2, 0.25) is 0 Å². The molecule has 0 radical (unpaired) electrons. The average Bonchev–Trinajstić information content (AvgIpc) is 2.79. The Hall–Kier alpha value is -0.0551. The maximum atomic E-state index is 9.05. The molecule has 1 aliphatic heterocycles. The predicted octanol–water partition coefficient (Wildman–Crippen LogP) is 2.00. The molecule has 2 rings (SSSR count). The molecule has 0 unspecified atom stereocenters. The van der Waals surface area contributed by atoms with E-state index in [9.17, 15) is 0 Å². The fourth-order valence-corrected chi connectivity index (χ4v) is 2.08. The van der Waals surface area contributed by atoms with Crippen molar-refractivity contribution in [3.8, 4) is 0 Å². The fourth-order valence-electron chi connectivity index (χ4n) is 2.08. The molecule has 1 aliphatic carbocycles. The van der Waals surface area contributed by atoms with Crippen molar-refractivity contribution in [2.45, 2.75) is 63.5 Å². The summed E-state index contributed by atoms with van der Waals surface area (Å²) in [6.07, 6.45) is 3.03. The van der Waals surface area contributed by atoms with Gasteiger partial charge >= 0.3 is 7.12 Å². The van der Waals surface area contributed by atoms with Crippen LogP contribution in [-0.2, 0) is 9.31 Å². The van der Waals surface area contributed by atoms with Gasteiger partial charge in [0.05, 0.1) is 11.2 Å². The fraction of sp³-hybridized carbons (Fsp3) is 1.00. The average molecular weight is 212 g/mol. The van der Waals surface area contributed by atoms with Crippen LogP contribution in [0, 0.1) is 0 Å². The maximum Gasteiger partial charge on any atom is 0.464 e. The van der Waals surface area contributed by atoms with E-state index >= 15 is 0 Å². The molecule has 2 fully saturated rings. The second kappa shape index (κ2) is 3.22. The van der Waals surface area contributed by atoms with Crippen LogP contribution in [0.2, 0.25) is 5.31 Å². The van der Waals surface area contributed by atoms with Gasteiger partial charge in [-0.1, -0.05) is 0 Å². The van der Waals surface area contributed by atoms with Crippen LogP contribution in [0.5, 0.6) is 0 Å². The molecule has 0 aromatic rings. The molecule has 86 valence electrons. The number of aliphatic hydroxyl groups is 1. The highest BCUT2D eigenvalue weighted by Crippen LogP contribution is 2.62. The Morgan fingerprint density at radius 2 is 1.53 bits per heavy atom. The zero-order valence-corrected chi connectivity index (χ0v) is 10.2. The molecular weight excluding hydrogens is 191 g/mol. The first-order chi connectivity index (χ1) is 6.83. The Morgan fingerprint density at radius 3 is 1.87 bits per heavy atom. The lowest BCUT2D eigenvalue weighted by Crippen LogP contribution is -2.41.